The summed E-state index contributed by atoms with van der Waals surface area (Å²) in [4.78, 5) is 66.8. The Morgan fingerprint density at radius 2 is 1.49 bits per heavy atom. The maximum Gasteiger partial charge on any atom is 0.308 e. The van der Waals surface area contributed by atoms with E-state index >= 15 is 0 Å². The Labute approximate surface area is 403 Å². The van der Waals surface area contributed by atoms with Gasteiger partial charge in [0.25, 0.3) is 0 Å². The molecule has 0 saturated carbocycles. The van der Waals surface area contributed by atoms with Gasteiger partial charge in [-0.1, -0.05) is 81.4 Å². The standard InChI is InChI=1S/C51H57N9O6S2/c1-26-30(5)68-49-41(26)43(56-42(27(2)50(65)66)46-58-57-31(6)60(46)49)35-14-12-33(13-15-35)34-18-20-37(21-19-34)52-23-40(62)55-45(51(7,8)9)48(64)59-24-38(61)22-39(59)47(63)54-28(3)32-10-16-36(17-11-32)44-29(4)53-25-67-44/h10-21,25,27-28,38-39,42,45,52,61H,22-24H2,1-9H3,(H,54,63)(H,55,62)(H,65,66)/t27?,28-,38+,39-,42-,45+/m0/s1. The number of fused-ring (bicyclic) bond motifs is 3. The number of rotatable bonds is 13. The van der Waals surface area contributed by atoms with E-state index in [1.165, 1.54) is 4.90 Å². The largest absolute Gasteiger partial charge is 0.481 e. The number of aliphatic imine (C=N–C) groups is 1. The zero-order chi connectivity index (χ0) is 48.8. The number of anilines is 1. The second-order valence-corrected chi connectivity index (χ2v) is 20.9. The summed E-state index contributed by atoms with van der Waals surface area (Å²) in [7, 11) is 0. The summed E-state index contributed by atoms with van der Waals surface area (Å²) in [5.41, 5.74) is 10.2. The molecule has 2 aliphatic rings. The highest BCUT2D eigenvalue weighted by molar-refractivity contribution is 7.15. The number of carboxylic acids is 1. The van der Waals surface area contributed by atoms with Gasteiger partial charge in [0.15, 0.2) is 5.82 Å². The number of aryl methyl sites for hydroxylation is 3. The van der Waals surface area contributed by atoms with Gasteiger partial charge in [0.1, 0.15) is 29.0 Å². The van der Waals surface area contributed by atoms with Crippen LogP contribution in [0.2, 0.25) is 0 Å². The van der Waals surface area contributed by atoms with Crippen LogP contribution in [0.25, 0.3) is 26.6 Å². The van der Waals surface area contributed by atoms with Gasteiger partial charge < -0.3 is 31.1 Å². The highest BCUT2D eigenvalue weighted by atomic mass is 32.1. The van der Waals surface area contributed by atoms with Gasteiger partial charge in [-0.05, 0) is 86.9 Å². The molecule has 15 nitrogen and oxygen atoms in total. The molecule has 3 amide bonds. The SMILES string of the molecule is Cc1ncsc1-c1ccc([C@H](C)NC(=O)[C@@H]2C[C@@H](O)CN2C(=O)[C@@H](NC(=O)CNc2ccc(-c3ccc(C4=N[C@@H](C(C)C(=O)O)c5nnc(C)n5-c5sc(C)c(C)c54)cc3)cc2)C(C)(C)C)cc1. The maximum atomic E-state index is 14.2. The van der Waals surface area contributed by atoms with Crippen LogP contribution >= 0.6 is 22.7 Å². The Hall–Kier alpha value is -6.56. The second kappa shape index (κ2) is 19.2. The molecular weight excluding hydrogens is 899 g/mol. The van der Waals surface area contributed by atoms with Gasteiger partial charge in [0.05, 0.1) is 46.4 Å². The monoisotopic (exact) mass is 955 g/mol. The van der Waals surface area contributed by atoms with E-state index in [4.69, 9.17) is 4.99 Å². The number of hydrogen-bond donors (Lipinski definition) is 5. The number of aliphatic carboxylic acids is 1. The first kappa shape index (κ1) is 47.9. The summed E-state index contributed by atoms with van der Waals surface area (Å²) < 4.78 is 1.95. The fraction of sp³-hybridized carbons (Fsp3) is 0.373. The Morgan fingerprint density at radius 3 is 2.10 bits per heavy atom. The Morgan fingerprint density at radius 1 is 0.853 bits per heavy atom. The molecule has 8 rings (SSSR count). The number of thiazole rings is 1. The van der Waals surface area contributed by atoms with Crippen molar-refractivity contribution in [3.05, 3.63) is 123 Å². The van der Waals surface area contributed by atoms with Gasteiger partial charge in [-0.2, -0.15) is 0 Å². The van der Waals surface area contributed by atoms with E-state index in [2.05, 4.69) is 45.0 Å². The van der Waals surface area contributed by atoms with Crippen LogP contribution in [-0.4, -0.2) is 95.5 Å². The third-order valence-electron chi connectivity index (χ3n) is 12.9. The number of amides is 3. The van der Waals surface area contributed by atoms with Crippen LogP contribution < -0.4 is 16.0 Å². The van der Waals surface area contributed by atoms with E-state index < -0.39 is 53.3 Å². The van der Waals surface area contributed by atoms with Crippen molar-refractivity contribution >= 4 is 57.8 Å². The molecule has 2 aliphatic heterocycles. The molecule has 354 valence electrons. The van der Waals surface area contributed by atoms with Crippen LogP contribution in [0.4, 0.5) is 5.69 Å². The number of carbonyl (C=O) groups excluding carboxylic acids is 3. The quantitative estimate of drug-likeness (QED) is 0.0762. The van der Waals surface area contributed by atoms with Crippen LogP contribution in [0.5, 0.6) is 0 Å². The van der Waals surface area contributed by atoms with Gasteiger partial charge in [-0.3, -0.25) is 28.7 Å². The summed E-state index contributed by atoms with van der Waals surface area (Å²) in [6.45, 7) is 16.9. The zero-order valence-electron chi connectivity index (χ0n) is 39.6. The number of nitrogens with zero attached hydrogens (tertiary/aromatic N) is 6. The second-order valence-electron chi connectivity index (χ2n) is 18.8. The number of benzene rings is 3. The third-order valence-corrected chi connectivity index (χ3v) is 15.1. The van der Waals surface area contributed by atoms with Gasteiger partial charge in [-0.15, -0.1) is 32.9 Å². The number of thiophene rings is 1. The number of hydrogen-bond acceptors (Lipinski definition) is 12. The summed E-state index contributed by atoms with van der Waals surface area (Å²) in [6, 6.07) is 20.6. The smallest absolute Gasteiger partial charge is 0.308 e. The van der Waals surface area contributed by atoms with Gasteiger partial charge in [-0.25, -0.2) is 4.98 Å². The summed E-state index contributed by atoms with van der Waals surface area (Å²) in [5.74, 6) is -1.85. The van der Waals surface area contributed by atoms with Crippen molar-refractivity contribution in [2.75, 3.05) is 18.4 Å². The van der Waals surface area contributed by atoms with Gasteiger partial charge in [0.2, 0.25) is 17.7 Å². The number of nitrogens with one attached hydrogen (secondary N) is 3. The zero-order valence-corrected chi connectivity index (χ0v) is 41.3. The van der Waals surface area contributed by atoms with Gasteiger partial charge in [0, 0.05) is 34.7 Å². The molecule has 5 N–H and O–H groups in total. The molecule has 0 spiro atoms. The Balaban J connectivity index is 0.909. The van der Waals surface area contributed by atoms with Gasteiger partial charge >= 0.3 is 5.97 Å². The van der Waals surface area contributed by atoms with Crippen molar-refractivity contribution in [2.24, 2.45) is 16.3 Å². The number of likely N-dealkylation sites (tertiary alicyclic amines) is 1. The van der Waals surface area contributed by atoms with Crippen molar-refractivity contribution in [1.82, 2.24) is 35.3 Å². The van der Waals surface area contributed by atoms with Crippen LogP contribution in [0.1, 0.15) is 97.6 Å². The van der Waals surface area contributed by atoms with Crippen molar-refractivity contribution < 1.29 is 29.4 Å². The number of carbonyl (C=O) groups is 4. The fourth-order valence-electron chi connectivity index (χ4n) is 8.83. The average Bonchev–Trinajstić information content (AvgIpc) is 4.08. The highest BCUT2D eigenvalue weighted by Crippen LogP contribution is 2.41. The summed E-state index contributed by atoms with van der Waals surface area (Å²) in [6.07, 6.45) is -0.800. The van der Waals surface area contributed by atoms with E-state index in [1.54, 1.807) is 29.6 Å². The molecule has 0 bridgehead atoms. The van der Waals surface area contributed by atoms with Crippen molar-refractivity contribution in [1.29, 1.82) is 0 Å². The molecule has 17 heteroatoms. The van der Waals surface area contributed by atoms with Crippen LogP contribution in [0.15, 0.2) is 83.3 Å². The average molecular weight is 956 g/mol. The lowest BCUT2D eigenvalue weighted by Crippen LogP contribution is -2.58. The minimum Gasteiger partial charge on any atom is -0.481 e. The lowest BCUT2D eigenvalue weighted by molar-refractivity contribution is -0.144. The normalized spacial score (nSPS) is 18.1. The first-order valence-corrected chi connectivity index (χ1v) is 24.4. The first-order valence-electron chi connectivity index (χ1n) is 22.7. The molecule has 68 heavy (non-hydrogen) atoms. The van der Waals surface area contributed by atoms with E-state index in [0.717, 1.165) is 59.4 Å². The molecule has 3 aromatic heterocycles. The molecule has 0 radical (unpaired) electrons. The van der Waals surface area contributed by atoms with Crippen molar-refractivity contribution in [3.63, 3.8) is 0 Å². The Bertz CT molecular complexity index is 2900. The van der Waals surface area contributed by atoms with E-state index in [-0.39, 0.29) is 31.5 Å². The summed E-state index contributed by atoms with van der Waals surface area (Å²) >= 11 is 3.19. The minimum absolute atomic E-state index is 0.0233. The molecule has 5 heterocycles. The molecular formula is C51H57N9O6S2. The molecule has 1 saturated heterocycles. The number of aliphatic hydroxyl groups is 1. The Kier molecular flexibility index (Phi) is 13.5. The number of carboxylic acid groups (broad SMARTS) is 1. The van der Waals surface area contributed by atoms with E-state index in [1.807, 2.05) is 124 Å². The minimum atomic E-state index is -0.971. The highest BCUT2D eigenvalue weighted by Gasteiger charge is 2.45. The van der Waals surface area contributed by atoms with Crippen LogP contribution in [0, 0.1) is 39.0 Å². The lowest BCUT2D eigenvalue weighted by atomic mass is 9.85. The molecule has 1 unspecified atom stereocenters. The third kappa shape index (κ3) is 9.60. The molecule has 3 aromatic carbocycles. The number of aliphatic hydroxyl groups excluding tert-OH is 1. The number of β-amino-alcohol motifs (C(OH)–C–C–N with tert-alkyl or cyclic N) is 1. The predicted octanol–water partition coefficient (Wildman–Crippen LogP) is 7.75. The predicted molar refractivity (Wildman–Crippen MR) is 265 cm³/mol. The van der Waals surface area contributed by atoms with Crippen LogP contribution in [0.3, 0.4) is 0 Å². The van der Waals surface area contributed by atoms with Crippen LogP contribution in [-0.2, 0) is 19.2 Å². The van der Waals surface area contributed by atoms with Crippen molar-refractivity contribution in [3.8, 4) is 26.6 Å². The molecule has 0 aliphatic carbocycles. The summed E-state index contributed by atoms with van der Waals surface area (Å²) in [5, 5.41) is 39.5. The fourth-order valence-corrected chi connectivity index (χ4v) is 10.9. The van der Waals surface area contributed by atoms with E-state index in [9.17, 15) is 29.4 Å². The van der Waals surface area contributed by atoms with E-state index in [0.29, 0.717) is 23.0 Å². The van der Waals surface area contributed by atoms with Crippen molar-refractivity contribution in [2.45, 2.75) is 99.0 Å². The molecule has 1 fully saturated rings. The lowest BCUT2D eigenvalue weighted by Gasteiger charge is -2.35. The molecule has 6 aromatic rings. The molecule has 6 atom stereocenters. The number of aromatic nitrogens is 4. The maximum absolute atomic E-state index is 14.2. The first-order chi connectivity index (χ1) is 32.3. The topological polar surface area (TPSA) is 204 Å².